The maximum absolute atomic E-state index is 12.1. The van der Waals surface area contributed by atoms with E-state index in [1.54, 1.807) is 0 Å². The van der Waals surface area contributed by atoms with Gasteiger partial charge < -0.3 is 5.32 Å². The smallest absolute Gasteiger partial charge is 0.226 e. The monoisotopic (exact) mass is 392 g/mol. The van der Waals surface area contributed by atoms with Crippen LogP contribution in [0.25, 0.3) is 22.4 Å². The van der Waals surface area contributed by atoms with Crippen molar-refractivity contribution in [3.05, 3.63) is 60.0 Å². The zero-order valence-corrected chi connectivity index (χ0v) is 17.3. The Bertz CT molecular complexity index is 856. The zero-order chi connectivity index (χ0) is 19.6. The number of nitrogens with zero attached hydrogens (tertiary/aromatic N) is 1. The molecule has 0 aliphatic carbocycles. The standard InChI is InChI=1S/C24H28N2OS/c1-2-3-4-5-6-10-13-23(27)26-24-25-22(18-28-24)21-16-14-20(15-17-21)19-11-8-7-9-12-19/h7-9,11-12,14-18H,2-6,10,13H2,1H3,(H,25,26,27). The SMILES string of the molecule is CCCCCCCCC(=O)Nc1nc(-c2ccc(-c3ccccc3)cc2)cs1. The highest BCUT2D eigenvalue weighted by Gasteiger charge is 2.08. The molecule has 3 nitrogen and oxygen atoms in total. The highest BCUT2D eigenvalue weighted by Crippen LogP contribution is 2.27. The van der Waals surface area contributed by atoms with Crippen LogP contribution in [-0.2, 0) is 4.79 Å². The molecule has 1 N–H and O–H groups in total. The first-order valence-corrected chi connectivity index (χ1v) is 11.1. The molecule has 146 valence electrons. The van der Waals surface area contributed by atoms with Gasteiger partial charge in [-0.15, -0.1) is 11.3 Å². The molecule has 0 fully saturated rings. The van der Waals surface area contributed by atoms with Crippen molar-refractivity contribution in [2.75, 3.05) is 5.32 Å². The maximum Gasteiger partial charge on any atom is 0.226 e. The van der Waals surface area contributed by atoms with Gasteiger partial charge in [-0.05, 0) is 17.5 Å². The second-order valence-corrected chi connectivity index (χ2v) is 7.91. The minimum atomic E-state index is 0.0656. The maximum atomic E-state index is 12.1. The molecule has 0 aliphatic heterocycles. The van der Waals surface area contributed by atoms with Crippen molar-refractivity contribution in [2.24, 2.45) is 0 Å². The summed E-state index contributed by atoms with van der Waals surface area (Å²) < 4.78 is 0. The van der Waals surface area contributed by atoms with E-state index in [-0.39, 0.29) is 5.91 Å². The molecule has 1 heterocycles. The van der Waals surface area contributed by atoms with Crippen molar-refractivity contribution in [1.82, 2.24) is 4.98 Å². The summed E-state index contributed by atoms with van der Waals surface area (Å²) in [6.45, 7) is 2.22. The average molecular weight is 393 g/mol. The molecule has 0 atom stereocenters. The summed E-state index contributed by atoms with van der Waals surface area (Å²) in [5.41, 5.74) is 4.36. The number of amides is 1. The molecule has 2 aromatic carbocycles. The van der Waals surface area contributed by atoms with E-state index in [9.17, 15) is 4.79 Å². The summed E-state index contributed by atoms with van der Waals surface area (Å²) in [5.74, 6) is 0.0656. The Labute approximate surface area is 171 Å². The van der Waals surface area contributed by atoms with Gasteiger partial charge in [-0.1, -0.05) is 93.6 Å². The second-order valence-electron chi connectivity index (χ2n) is 7.05. The molecule has 0 saturated carbocycles. The predicted octanol–water partition coefficient (Wildman–Crippen LogP) is 7.17. The third kappa shape index (κ3) is 6.03. The van der Waals surface area contributed by atoms with E-state index in [0.717, 1.165) is 24.1 Å². The molecule has 1 aromatic heterocycles. The van der Waals surface area contributed by atoms with Gasteiger partial charge in [-0.3, -0.25) is 4.79 Å². The van der Waals surface area contributed by atoms with Crippen LogP contribution in [0.5, 0.6) is 0 Å². The van der Waals surface area contributed by atoms with Crippen molar-refractivity contribution >= 4 is 22.4 Å². The molecule has 4 heteroatoms. The Morgan fingerprint density at radius 2 is 1.50 bits per heavy atom. The Morgan fingerprint density at radius 3 is 2.25 bits per heavy atom. The van der Waals surface area contributed by atoms with Gasteiger partial charge in [0, 0.05) is 17.4 Å². The number of thiazole rings is 1. The van der Waals surface area contributed by atoms with Crippen molar-refractivity contribution in [3.8, 4) is 22.4 Å². The summed E-state index contributed by atoms with van der Waals surface area (Å²) in [6.07, 6.45) is 7.70. The van der Waals surface area contributed by atoms with Crippen LogP contribution in [0.1, 0.15) is 51.9 Å². The molecule has 0 spiro atoms. The molecular weight excluding hydrogens is 364 g/mol. The summed E-state index contributed by atoms with van der Waals surface area (Å²) in [7, 11) is 0. The number of nitrogens with one attached hydrogen (secondary N) is 1. The number of carbonyl (C=O) groups is 1. The third-order valence-electron chi connectivity index (χ3n) is 4.80. The lowest BCUT2D eigenvalue weighted by Crippen LogP contribution is -2.10. The number of unbranched alkanes of at least 4 members (excludes halogenated alkanes) is 5. The fourth-order valence-corrected chi connectivity index (χ4v) is 3.91. The lowest BCUT2D eigenvalue weighted by molar-refractivity contribution is -0.116. The molecule has 0 saturated heterocycles. The Morgan fingerprint density at radius 1 is 0.857 bits per heavy atom. The van der Waals surface area contributed by atoms with Crippen LogP contribution in [-0.4, -0.2) is 10.9 Å². The highest BCUT2D eigenvalue weighted by atomic mass is 32.1. The number of hydrogen-bond donors (Lipinski definition) is 1. The van der Waals surface area contributed by atoms with Gasteiger partial charge in [0.25, 0.3) is 0 Å². The fourth-order valence-electron chi connectivity index (χ4n) is 3.18. The Hall–Kier alpha value is -2.46. The first-order valence-electron chi connectivity index (χ1n) is 10.2. The predicted molar refractivity (Wildman–Crippen MR) is 120 cm³/mol. The molecule has 3 rings (SSSR count). The molecule has 1 amide bonds. The Balaban J connectivity index is 1.50. The molecular formula is C24H28N2OS. The van der Waals surface area contributed by atoms with Gasteiger partial charge in [0.1, 0.15) is 0 Å². The number of rotatable bonds is 10. The third-order valence-corrected chi connectivity index (χ3v) is 5.55. The molecule has 0 aliphatic rings. The molecule has 3 aromatic rings. The van der Waals surface area contributed by atoms with Crippen LogP contribution in [0.2, 0.25) is 0 Å². The van der Waals surface area contributed by atoms with Crippen molar-refractivity contribution in [3.63, 3.8) is 0 Å². The number of benzene rings is 2. The second kappa shape index (κ2) is 10.8. The Kier molecular flexibility index (Phi) is 7.80. The van der Waals surface area contributed by atoms with Crippen LogP contribution in [0.15, 0.2) is 60.0 Å². The molecule has 0 radical (unpaired) electrons. The summed E-state index contributed by atoms with van der Waals surface area (Å²) in [5, 5.41) is 5.62. The van der Waals surface area contributed by atoms with Gasteiger partial charge >= 0.3 is 0 Å². The highest BCUT2D eigenvalue weighted by molar-refractivity contribution is 7.14. The van der Waals surface area contributed by atoms with Crippen molar-refractivity contribution < 1.29 is 4.79 Å². The van der Waals surface area contributed by atoms with E-state index >= 15 is 0 Å². The van der Waals surface area contributed by atoms with E-state index in [2.05, 4.69) is 53.6 Å². The zero-order valence-electron chi connectivity index (χ0n) is 16.5. The quantitative estimate of drug-likeness (QED) is 0.372. The molecule has 0 bridgehead atoms. The molecule has 0 unspecified atom stereocenters. The summed E-state index contributed by atoms with van der Waals surface area (Å²) >= 11 is 1.48. The van der Waals surface area contributed by atoms with E-state index in [1.807, 2.05) is 23.6 Å². The number of hydrogen-bond acceptors (Lipinski definition) is 3. The first-order chi connectivity index (χ1) is 13.8. The van der Waals surface area contributed by atoms with Crippen LogP contribution >= 0.6 is 11.3 Å². The van der Waals surface area contributed by atoms with Crippen LogP contribution in [0.4, 0.5) is 5.13 Å². The van der Waals surface area contributed by atoms with E-state index < -0.39 is 0 Å². The van der Waals surface area contributed by atoms with Crippen LogP contribution < -0.4 is 5.32 Å². The lowest BCUT2D eigenvalue weighted by atomic mass is 10.0. The van der Waals surface area contributed by atoms with E-state index in [4.69, 9.17) is 0 Å². The van der Waals surface area contributed by atoms with E-state index in [1.165, 1.54) is 48.1 Å². The lowest BCUT2D eigenvalue weighted by Gasteiger charge is -2.03. The largest absolute Gasteiger partial charge is 0.302 e. The molecule has 28 heavy (non-hydrogen) atoms. The van der Waals surface area contributed by atoms with Gasteiger partial charge in [0.2, 0.25) is 5.91 Å². The topological polar surface area (TPSA) is 42.0 Å². The minimum Gasteiger partial charge on any atom is -0.302 e. The number of anilines is 1. The average Bonchev–Trinajstić information content (AvgIpc) is 3.20. The summed E-state index contributed by atoms with van der Waals surface area (Å²) in [4.78, 5) is 16.7. The number of aromatic nitrogens is 1. The van der Waals surface area contributed by atoms with Gasteiger partial charge in [-0.2, -0.15) is 0 Å². The first kappa shape index (κ1) is 20.3. The summed E-state index contributed by atoms with van der Waals surface area (Å²) in [6, 6.07) is 18.7. The normalized spacial score (nSPS) is 10.8. The van der Waals surface area contributed by atoms with Gasteiger partial charge in [0.05, 0.1) is 5.69 Å². The van der Waals surface area contributed by atoms with Crippen LogP contribution in [0.3, 0.4) is 0 Å². The van der Waals surface area contributed by atoms with Crippen LogP contribution in [0, 0.1) is 0 Å². The van der Waals surface area contributed by atoms with E-state index in [0.29, 0.717) is 11.6 Å². The van der Waals surface area contributed by atoms with Gasteiger partial charge in [0.15, 0.2) is 5.13 Å². The fraction of sp³-hybridized carbons (Fsp3) is 0.333. The number of carbonyl (C=O) groups excluding carboxylic acids is 1. The van der Waals surface area contributed by atoms with Crippen molar-refractivity contribution in [1.29, 1.82) is 0 Å². The van der Waals surface area contributed by atoms with Gasteiger partial charge in [-0.25, -0.2) is 4.98 Å². The van der Waals surface area contributed by atoms with Crippen molar-refractivity contribution in [2.45, 2.75) is 51.9 Å². The minimum absolute atomic E-state index is 0.0656.